The van der Waals surface area contributed by atoms with Crippen LogP contribution in [0.25, 0.3) is 39.4 Å². The van der Waals surface area contributed by atoms with Crippen molar-refractivity contribution in [2.45, 2.75) is 17.8 Å². The molecule has 0 bridgehead atoms. The minimum Gasteiger partial charge on any atom is -0.420 e. The summed E-state index contributed by atoms with van der Waals surface area (Å²) in [5.74, 6) is 1.59. The maximum atomic E-state index is 12.6. The number of benzene rings is 2. The number of hydrogen-bond donors (Lipinski definition) is 1. The third kappa shape index (κ3) is 3.91. The number of rotatable bonds is 6. The van der Waals surface area contributed by atoms with Gasteiger partial charge in [0.05, 0.1) is 17.6 Å². The van der Waals surface area contributed by atoms with Gasteiger partial charge in [0.15, 0.2) is 10.8 Å². The van der Waals surface area contributed by atoms with E-state index in [2.05, 4.69) is 30.4 Å². The Balaban J connectivity index is 1.27. The molecule has 0 saturated heterocycles. The first-order valence-electron chi connectivity index (χ1n) is 10.7. The third-order valence-corrected chi connectivity index (χ3v) is 6.20. The molecule has 0 atom stereocenters. The van der Waals surface area contributed by atoms with Crippen LogP contribution in [0.1, 0.15) is 11.7 Å². The van der Waals surface area contributed by atoms with Crippen LogP contribution in [-0.4, -0.2) is 35.1 Å². The normalized spacial score (nSPS) is 11.3. The average molecular weight is 484 g/mol. The summed E-state index contributed by atoms with van der Waals surface area (Å²) in [4.78, 5) is 20.0. The number of nitrogens with zero attached hydrogens (tertiary/aromatic N) is 6. The summed E-state index contributed by atoms with van der Waals surface area (Å²) < 4.78 is 12.9. The molecular weight excluding hydrogens is 466 g/mol. The van der Waals surface area contributed by atoms with Crippen LogP contribution < -0.4 is 5.56 Å². The number of aryl methyl sites for hydroxylation is 1. The second-order valence-electron chi connectivity index (χ2n) is 7.62. The van der Waals surface area contributed by atoms with E-state index in [9.17, 15) is 4.79 Å². The van der Waals surface area contributed by atoms with Gasteiger partial charge in [-0.15, -0.1) is 10.2 Å². The average Bonchev–Trinajstić information content (AvgIpc) is 3.62. The molecule has 0 fully saturated rings. The van der Waals surface area contributed by atoms with E-state index in [4.69, 9.17) is 8.94 Å². The fourth-order valence-electron chi connectivity index (χ4n) is 3.68. The van der Waals surface area contributed by atoms with Crippen molar-refractivity contribution < 1.29 is 8.94 Å². The van der Waals surface area contributed by atoms with Gasteiger partial charge < -0.3 is 13.9 Å². The number of para-hydroxylation sites is 1. The Morgan fingerprint density at radius 3 is 2.60 bits per heavy atom. The molecule has 4 aromatic heterocycles. The van der Waals surface area contributed by atoms with Gasteiger partial charge in [0, 0.05) is 5.56 Å². The van der Waals surface area contributed by atoms with Gasteiger partial charge in [0.1, 0.15) is 22.4 Å². The van der Waals surface area contributed by atoms with Crippen molar-refractivity contribution >= 4 is 22.8 Å². The van der Waals surface area contributed by atoms with Crippen molar-refractivity contribution in [2.75, 3.05) is 0 Å². The first-order valence-corrected chi connectivity index (χ1v) is 11.7. The molecule has 0 unspecified atom stereocenters. The Bertz CT molecular complexity index is 1690. The summed E-state index contributed by atoms with van der Waals surface area (Å²) in [6.07, 6.45) is 1.51. The zero-order chi connectivity index (χ0) is 23.8. The third-order valence-electron chi connectivity index (χ3n) is 5.34. The van der Waals surface area contributed by atoms with Crippen LogP contribution in [-0.2, 0) is 5.75 Å². The van der Waals surface area contributed by atoms with Crippen molar-refractivity contribution in [1.29, 1.82) is 0 Å². The maximum absolute atomic E-state index is 12.6. The highest BCUT2D eigenvalue weighted by Crippen LogP contribution is 2.34. The molecule has 0 spiro atoms. The number of hydrogen-bond acceptors (Lipinski definition) is 9. The fraction of sp³-hybridized carbons (Fsp3) is 0.0833. The smallest absolute Gasteiger partial charge is 0.262 e. The lowest BCUT2D eigenvalue weighted by Crippen LogP contribution is -2.09. The molecule has 6 aromatic rings. The van der Waals surface area contributed by atoms with E-state index in [-0.39, 0.29) is 5.56 Å². The molecule has 0 aliphatic rings. The molecular formula is C24H17N7O3S. The van der Waals surface area contributed by atoms with E-state index >= 15 is 0 Å². The van der Waals surface area contributed by atoms with Crippen LogP contribution in [0, 0.1) is 6.92 Å². The monoisotopic (exact) mass is 483 g/mol. The lowest BCUT2D eigenvalue weighted by atomic mass is 10.1. The number of aromatic amines is 1. The van der Waals surface area contributed by atoms with Gasteiger partial charge in [0.2, 0.25) is 5.89 Å². The van der Waals surface area contributed by atoms with Crippen molar-refractivity contribution in [3.8, 4) is 28.4 Å². The standard InChI is InChI=1S/C24H17N7O3S/c1-14-19(20(30-34-14)15-8-4-2-5-9-15)23-29-28-18(33-23)13-35-24-26-21-17(22(32)27-24)12-25-31(21)16-10-6-3-7-11-16/h2-12H,13H2,1H3,(H,26,27,32). The summed E-state index contributed by atoms with van der Waals surface area (Å²) in [6, 6.07) is 19.2. The molecule has 2 aromatic carbocycles. The fourth-order valence-corrected chi connectivity index (χ4v) is 4.38. The minimum atomic E-state index is -0.265. The van der Waals surface area contributed by atoms with Crippen LogP contribution in [0.4, 0.5) is 0 Å². The quantitative estimate of drug-likeness (QED) is 0.270. The molecule has 0 aliphatic heterocycles. The van der Waals surface area contributed by atoms with Crippen molar-refractivity contribution in [3.63, 3.8) is 0 Å². The molecule has 4 heterocycles. The van der Waals surface area contributed by atoms with Gasteiger partial charge >= 0.3 is 0 Å². The Labute approximate surface area is 202 Å². The van der Waals surface area contributed by atoms with Gasteiger partial charge in [0.25, 0.3) is 11.4 Å². The Hall–Kier alpha value is -4.51. The van der Waals surface area contributed by atoms with E-state index in [1.165, 1.54) is 18.0 Å². The van der Waals surface area contributed by atoms with Gasteiger partial charge in [-0.25, -0.2) is 9.67 Å². The summed E-state index contributed by atoms with van der Waals surface area (Å²) in [6.45, 7) is 1.80. The predicted molar refractivity (Wildman–Crippen MR) is 129 cm³/mol. The lowest BCUT2D eigenvalue weighted by Gasteiger charge is -2.03. The molecule has 0 saturated carbocycles. The summed E-state index contributed by atoms with van der Waals surface area (Å²) in [7, 11) is 0. The van der Waals surface area contributed by atoms with Crippen LogP contribution in [0.3, 0.4) is 0 Å². The van der Waals surface area contributed by atoms with Crippen molar-refractivity contribution in [3.05, 3.63) is 88.9 Å². The molecule has 6 rings (SSSR count). The van der Waals surface area contributed by atoms with E-state index in [0.29, 0.717) is 50.7 Å². The highest BCUT2D eigenvalue weighted by atomic mass is 32.2. The summed E-state index contributed by atoms with van der Waals surface area (Å²) >= 11 is 1.28. The van der Waals surface area contributed by atoms with E-state index < -0.39 is 0 Å². The van der Waals surface area contributed by atoms with Crippen molar-refractivity contribution in [2.24, 2.45) is 0 Å². The highest BCUT2D eigenvalue weighted by Gasteiger charge is 2.22. The van der Waals surface area contributed by atoms with Crippen LogP contribution in [0.5, 0.6) is 0 Å². The Kier molecular flexibility index (Phi) is 5.23. The summed E-state index contributed by atoms with van der Waals surface area (Å²) in [5.41, 5.74) is 3.20. The second kappa shape index (κ2) is 8.69. The maximum Gasteiger partial charge on any atom is 0.262 e. The SMILES string of the molecule is Cc1onc(-c2ccccc2)c1-c1nnc(CSc2nc3c(cnn3-c3ccccc3)c(=O)[nH]2)o1. The molecule has 1 N–H and O–H groups in total. The van der Waals surface area contributed by atoms with Crippen molar-refractivity contribution in [1.82, 2.24) is 35.1 Å². The lowest BCUT2D eigenvalue weighted by molar-refractivity contribution is 0.399. The largest absolute Gasteiger partial charge is 0.420 e. The van der Waals surface area contributed by atoms with Gasteiger partial charge in [-0.2, -0.15) is 5.10 Å². The predicted octanol–water partition coefficient (Wildman–Crippen LogP) is 4.41. The molecule has 0 aliphatic carbocycles. The number of fused-ring (bicyclic) bond motifs is 1. The first kappa shape index (κ1) is 21.1. The minimum absolute atomic E-state index is 0.265. The zero-order valence-corrected chi connectivity index (χ0v) is 19.2. The molecule has 0 radical (unpaired) electrons. The molecule has 10 nitrogen and oxygen atoms in total. The number of nitrogens with one attached hydrogen (secondary N) is 1. The molecule has 172 valence electrons. The van der Waals surface area contributed by atoms with Gasteiger partial charge in [-0.05, 0) is 19.1 Å². The Morgan fingerprint density at radius 2 is 1.80 bits per heavy atom. The van der Waals surface area contributed by atoms with Crippen LogP contribution >= 0.6 is 11.8 Å². The van der Waals surface area contributed by atoms with Gasteiger partial charge in [-0.3, -0.25) is 4.79 Å². The van der Waals surface area contributed by atoms with Crippen LogP contribution in [0.2, 0.25) is 0 Å². The second-order valence-corrected chi connectivity index (χ2v) is 8.58. The van der Waals surface area contributed by atoms with Gasteiger partial charge in [-0.1, -0.05) is 65.4 Å². The zero-order valence-electron chi connectivity index (χ0n) is 18.4. The number of aromatic nitrogens is 7. The van der Waals surface area contributed by atoms with Crippen LogP contribution in [0.15, 0.2) is 85.8 Å². The number of thioether (sulfide) groups is 1. The highest BCUT2D eigenvalue weighted by molar-refractivity contribution is 7.98. The summed E-state index contributed by atoms with van der Waals surface area (Å²) in [5, 5.41) is 17.7. The molecule has 11 heteroatoms. The van der Waals surface area contributed by atoms with E-state index in [1.54, 1.807) is 11.6 Å². The van der Waals surface area contributed by atoms with E-state index in [1.807, 2.05) is 60.7 Å². The topological polar surface area (TPSA) is 129 Å². The first-order chi connectivity index (χ1) is 17.2. The molecule has 0 amide bonds. The molecule has 35 heavy (non-hydrogen) atoms. The Morgan fingerprint density at radius 1 is 1.03 bits per heavy atom. The number of H-pyrrole nitrogens is 1. The van der Waals surface area contributed by atoms with E-state index in [0.717, 1.165) is 11.3 Å².